The van der Waals surface area contributed by atoms with E-state index < -0.39 is 0 Å². The molecule has 0 spiro atoms. The van der Waals surface area contributed by atoms with Gasteiger partial charge in [-0.1, -0.05) is 13.0 Å². The van der Waals surface area contributed by atoms with E-state index in [-0.39, 0.29) is 0 Å². The van der Waals surface area contributed by atoms with Crippen LogP contribution in [0.3, 0.4) is 0 Å². The Morgan fingerprint density at radius 2 is 2.12 bits per heavy atom. The van der Waals surface area contributed by atoms with Crippen LogP contribution < -0.4 is 5.73 Å². The molecular weight excluding hydrogens is 212 g/mol. The van der Waals surface area contributed by atoms with Crippen LogP contribution in [0.5, 0.6) is 0 Å². The average Bonchev–Trinajstić information content (AvgIpc) is 2.79. The van der Waals surface area contributed by atoms with Crippen molar-refractivity contribution in [3.8, 4) is 5.82 Å². The number of pyridine rings is 1. The van der Waals surface area contributed by atoms with E-state index in [2.05, 4.69) is 23.0 Å². The van der Waals surface area contributed by atoms with E-state index >= 15 is 0 Å². The fourth-order valence-corrected chi connectivity index (χ4v) is 1.83. The van der Waals surface area contributed by atoms with Crippen molar-refractivity contribution in [2.75, 3.05) is 6.54 Å². The third-order valence-corrected chi connectivity index (χ3v) is 2.68. The summed E-state index contributed by atoms with van der Waals surface area (Å²) in [4.78, 5) is 8.79. The molecular formula is C13H18N4. The van der Waals surface area contributed by atoms with Crippen LogP contribution in [0.15, 0.2) is 30.7 Å². The molecule has 0 unspecified atom stereocenters. The first-order valence-corrected chi connectivity index (χ1v) is 6.02. The van der Waals surface area contributed by atoms with Gasteiger partial charge in [0.05, 0.1) is 0 Å². The van der Waals surface area contributed by atoms with E-state index in [1.165, 1.54) is 5.56 Å². The molecule has 4 nitrogen and oxygen atoms in total. The number of aryl methyl sites for hydroxylation is 1. The van der Waals surface area contributed by atoms with Crippen LogP contribution in [-0.4, -0.2) is 21.1 Å². The first-order chi connectivity index (χ1) is 8.35. The van der Waals surface area contributed by atoms with Crippen molar-refractivity contribution < 1.29 is 0 Å². The summed E-state index contributed by atoms with van der Waals surface area (Å²) in [5.41, 5.74) is 6.69. The van der Waals surface area contributed by atoms with Crippen LogP contribution in [0.4, 0.5) is 0 Å². The van der Waals surface area contributed by atoms with Gasteiger partial charge < -0.3 is 5.73 Å². The topological polar surface area (TPSA) is 56.7 Å². The minimum atomic E-state index is 0.660. The molecule has 90 valence electrons. The molecule has 0 saturated heterocycles. The summed E-state index contributed by atoms with van der Waals surface area (Å²) in [7, 11) is 0. The predicted molar refractivity (Wildman–Crippen MR) is 68.1 cm³/mol. The van der Waals surface area contributed by atoms with Gasteiger partial charge in [-0.25, -0.2) is 9.97 Å². The largest absolute Gasteiger partial charge is 0.330 e. The Balaban J connectivity index is 2.23. The van der Waals surface area contributed by atoms with E-state index in [0.717, 1.165) is 30.9 Å². The number of aromatic nitrogens is 3. The Morgan fingerprint density at radius 3 is 2.76 bits per heavy atom. The molecule has 0 amide bonds. The van der Waals surface area contributed by atoms with Crippen LogP contribution in [0, 0.1) is 0 Å². The molecule has 2 aromatic rings. The fourth-order valence-electron chi connectivity index (χ4n) is 1.83. The van der Waals surface area contributed by atoms with Crippen LogP contribution in [-0.2, 0) is 12.8 Å². The van der Waals surface area contributed by atoms with E-state index in [4.69, 9.17) is 5.73 Å². The molecule has 2 heterocycles. The third kappa shape index (κ3) is 2.71. The Kier molecular flexibility index (Phi) is 3.88. The summed E-state index contributed by atoms with van der Waals surface area (Å²) in [6, 6.07) is 4.09. The minimum Gasteiger partial charge on any atom is -0.330 e. The van der Waals surface area contributed by atoms with Gasteiger partial charge in [0.1, 0.15) is 11.6 Å². The van der Waals surface area contributed by atoms with Gasteiger partial charge in [0.2, 0.25) is 0 Å². The van der Waals surface area contributed by atoms with Crippen molar-refractivity contribution in [3.05, 3.63) is 42.1 Å². The number of hydrogen-bond acceptors (Lipinski definition) is 3. The number of nitrogens with two attached hydrogens (primary N) is 1. The maximum atomic E-state index is 5.51. The first-order valence-electron chi connectivity index (χ1n) is 6.02. The lowest BCUT2D eigenvalue weighted by molar-refractivity contribution is 0.796. The maximum Gasteiger partial charge on any atom is 0.137 e. The van der Waals surface area contributed by atoms with Gasteiger partial charge in [0.15, 0.2) is 0 Å². The summed E-state index contributed by atoms with van der Waals surface area (Å²) < 4.78 is 2.04. The molecule has 0 atom stereocenters. The lowest BCUT2D eigenvalue weighted by atomic mass is 10.2. The number of rotatable bonds is 5. The third-order valence-electron chi connectivity index (χ3n) is 2.68. The van der Waals surface area contributed by atoms with E-state index in [1.54, 1.807) is 0 Å². The van der Waals surface area contributed by atoms with Gasteiger partial charge in [-0.3, -0.25) is 4.57 Å². The first kappa shape index (κ1) is 11.8. The zero-order valence-corrected chi connectivity index (χ0v) is 10.1. The zero-order chi connectivity index (χ0) is 12.1. The van der Waals surface area contributed by atoms with Gasteiger partial charge >= 0.3 is 0 Å². The van der Waals surface area contributed by atoms with Gasteiger partial charge in [0, 0.05) is 25.0 Å². The maximum absolute atomic E-state index is 5.51. The highest BCUT2D eigenvalue weighted by molar-refractivity contribution is 5.27. The molecule has 0 aliphatic rings. The Bertz CT molecular complexity index is 459. The molecule has 2 N–H and O–H groups in total. The lowest BCUT2D eigenvalue weighted by Crippen LogP contribution is -2.05. The zero-order valence-electron chi connectivity index (χ0n) is 10.1. The van der Waals surface area contributed by atoms with Gasteiger partial charge in [-0.2, -0.15) is 0 Å². The average molecular weight is 230 g/mol. The molecule has 0 aliphatic carbocycles. The quantitative estimate of drug-likeness (QED) is 0.851. The SMILES string of the molecule is CCCc1nccn1-c1ccc(CCN)cn1. The van der Waals surface area contributed by atoms with Crippen LogP contribution >= 0.6 is 0 Å². The van der Waals surface area contributed by atoms with Crippen LogP contribution in [0.25, 0.3) is 5.82 Å². The van der Waals surface area contributed by atoms with Crippen molar-refractivity contribution in [1.29, 1.82) is 0 Å². The standard InChI is InChI=1S/C13H18N4/c1-2-3-12-15-8-9-17(12)13-5-4-11(6-7-14)10-16-13/h4-5,8-10H,2-3,6-7,14H2,1H3. The van der Waals surface area contributed by atoms with Crippen molar-refractivity contribution in [3.63, 3.8) is 0 Å². The van der Waals surface area contributed by atoms with Crippen molar-refractivity contribution >= 4 is 0 Å². The molecule has 0 aromatic carbocycles. The van der Waals surface area contributed by atoms with Crippen LogP contribution in [0.2, 0.25) is 0 Å². The monoisotopic (exact) mass is 230 g/mol. The number of imidazole rings is 1. The Hall–Kier alpha value is -1.68. The summed E-state index contributed by atoms with van der Waals surface area (Å²) in [6.07, 6.45) is 8.59. The summed E-state index contributed by atoms with van der Waals surface area (Å²) >= 11 is 0. The van der Waals surface area contributed by atoms with Crippen molar-refractivity contribution in [1.82, 2.24) is 14.5 Å². The Morgan fingerprint density at radius 1 is 1.24 bits per heavy atom. The molecule has 0 fully saturated rings. The fraction of sp³-hybridized carbons (Fsp3) is 0.385. The highest BCUT2D eigenvalue weighted by Gasteiger charge is 2.04. The minimum absolute atomic E-state index is 0.660. The molecule has 2 aromatic heterocycles. The predicted octanol–water partition coefficient (Wildman–Crippen LogP) is 1.72. The number of nitrogens with zero attached hydrogens (tertiary/aromatic N) is 3. The Labute approximate surface area is 102 Å². The second-order valence-corrected chi connectivity index (χ2v) is 4.03. The smallest absolute Gasteiger partial charge is 0.137 e. The van der Waals surface area contributed by atoms with E-state index in [1.807, 2.05) is 29.2 Å². The highest BCUT2D eigenvalue weighted by Crippen LogP contribution is 2.10. The molecule has 2 rings (SSSR count). The normalized spacial score (nSPS) is 10.7. The van der Waals surface area contributed by atoms with Crippen molar-refractivity contribution in [2.45, 2.75) is 26.2 Å². The summed E-state index contributed by atoms with van der Waals surface area (Å²) in [5, 5.41) is 0. The lowest BCUT2D eigenvalue weighted by Gasteiger charge is -2.06. The van der Waals surface area contributed by atoms with Crippen molar-refractivity contribution in [2.24, 2.45) is 5.73 Å². The molecule has 0 bridgehead atoms. The van der Waals surface area contributed by atoms with Gasteiger partial charge in [0.25, 0.3) is 0 Å². The number of hydrogen-bond donors (Lipinski definition) is 1. The molecule has 0 aliphatic heterocycles. The molecule has 0 saturated carbocycles. The van der Waals surface area contributed by atoms with E-state index in [0.29, 0.717) is 6.54 Å². The second-order valence-electron chi connectivity index (χ2n) is 4.03. The molecule has 0 radical (unpaired) electrons. The summed E-state index contributed by atoms with van der Waals surface area (Å²) in [6.45, 7) is 2.81. The van der Waals surface area contributed by atoms with E-state index in [9.17, 15) is 0 Å². The van der Waals surface area contributed by atoms with Gasteiger partial charge in [-0.15, -0.1) is 0 Å². The second kappa shape index (κ2) is 5.59. The molecule has 17 heavy (non-hydrogen) atoms. The highest BCUT2D eigenvalue weighted by atomic mass is 15.1. The van der Waals surface area contributed by atoms with Gasteiger partial charge in [-0.05, 0) is 31.0 Å². The summed E-state index contributed by atoms with van der Waals surface area (Å²) in [5.74, 6) is 1.98. The van der Waals surface area contributed by atoms with Crippen LogP contribution in [0.1, 0.15) is 24.7 Å². The molecule has 4 heteroatoms.